The molecular formula is C20H18ClN3O4S. The number of methoxy groups -OCH3 is 2. The van der Waals surface area contributed by atoms with Crippen LogP contribution in [0, 0.1) is 0 Å². The Morgan fingerprint density at radius 3 is 2.66 bits per heavy atom. The van der Waals surface area contributed by atoms with Gasteiger partial charge in [0.1, 0.15) is 5.82 Å². The van der Waals surface area contributed by atoms with Crippen LogP contribution in [0.3, 0.4) is 0 Å². The fourth-order valence-corrected chi connectivity index (χ4v) is 4.66. The molecule has 150 valence electrons. The molecule has 1 atom stereocenters. The molecule has 1 N–H and O–H groups in total. The van der Waals surface area contributed by atoms with Gasteiger partial charge in [0.25, 0.3) is 5.91 Å². The standard InChI is InChI=1S/C20H18ClN3O4S/c1-27-17-7-6-12(8-18(17)28-2)20(25)22-19-15-10-29(26)11-16(15)23-24(19)14-5-3-4-13(21)9-14/h3-9H,10-11H2,1-2H3,(H,22,25). The van der Waals surface area contributed by atoms with Gasteiger partial charge in [-0.1, -0.05) is 17.7 Å². The summed E-state index contributed by atoms with van der Waals surface area (Å²) in [6.45, 7) is 0. The van der Waals surface area contributed by atoms with E-state index in [0.29, 0.717) is 50.8 Å². The Bertz CT molecular complexity index is 1130. The largest absolute Gasteiger partial charge is 0.493 e. The van der Waals surface area contributed by atoms with Crippen LogP contribution >= 0.6 is 11.6 Å². The number of anilines is 1. The van der Waals surface area contributed by atoms with Crippen molar-refractivity contribution in [3.8, 4) is 17.2 Å². The van der Waals surface area contributed by atoms with E-state index in [1.165, 1.54) is 14.2 Å². The SMILES string of the molecule is COc1ccc(C(=O)Nc2c3c(nn2-c2cccc(Cl)c2)CS(=O)C3)cc1OC. The van der Waals surface area contributed by atoms with Crippen LogP contribution in [-0.4, -0.2) is 34.1 Å². The number of hydrogen-bond acceptors (Lipinski definition) is 5. The van der Waals surface area contributed by atoms with E-state index >= 15 is 0 Å². The summed E-state index contributed by atoms with van der Waals surface area (Å²) in [5.41, 5.74) is 2.60. The first-order valence-corrected chi connectivity index (χ1v) is 10.6. The minimum Gasteiger partial charge on any atom is -0.493 e. The van der Waals surface area contributed by atoms with E-state index in [2.05, 4.69) is 10.4 Å². The Kier molecular flexibility index (Phi) is 5.29. The number of hydrogen-bond donors (Lipinski definition) is 1. The molecule has 0 aliphatic carbocycles. The molecule has 0 saturated carbocycles. The molecule has 0 saturated heterocycles. The Balaban J connectivity index is 1.73. The number of benzene rings is 2. The molecule has 0 radical (unpaired) electrons. The van der Waals surface area contributed by atoms with Gasteiger partial charge in [-0.3, -0.25) is 9.00 Å². The minimum atomic E-state index is -1.03. The van der Waals surface area contributed by atoms with Crippen LogP contribution in [0.25, 0.3) is 5.69 Å². The van der Waals surface area contributed by atoms with Crippen LogP contribution in [0.2, 0.25) is 5.02 Å². The van der Waals surface area contributed by atoms with Crippen molar-refractivity contribution >= 4 is 34.1 Å². The van der Waals surface area contributed by atoms with Crippen LogP contribution < -0.4 is 14.8 Å². The maximum Gasteiger partial charge on any atom is 0.256 e. The Morgan fingerprint density at radius 1 is 1.14 bits per heavy atom. The van der Waals surface area contributed by atoms with Crippen LogP contribution in [-0.2, 0) is 22.3 Å². The third-order valence-corrected chi connectivity index (χ3v) is 6.04. The van der Waals surface area contributed by atoms with E-state index in [4.69, 9.17) is 21.1 Å². The number of carbonyl (C=O) groups is 1. The molecule has 29 heavy (non-hydrogen) atoms. The molecule has 9 heteroatoms. The van der Waals surface area contributed by atoms with Gasteiger partial charge in [-0.15, -0.1) is 0 Å². The van der Waals surface area contributed by atoms with Crippen molar-refractivity contribution in [2.24, 2.45) is 0 Å². The second-order valence-electron chi connectivity index (χ2n) is 6.42. The number of amides is 1. The molecular weight excluding hydrogens is 414 g/mol. The minimum absolute atomic E-state index is 0.338. The highest BCUT2D eigenvalue weighted by Gasteiger charge is 2.28. The maximum atomic E-state index is 13.0. The highest BCUT2D eigenvalue weighted by atomic mass is 35.5. The lowest BCUT2D eigenvalue weighted by molar-refractivity contribution is 0.102. The Morgan fingerprint density at radius 2 is 1.93 bits per heavy atom. The number of carbonyl (C=O) groups excluding carboxylic acids is 1. The predicted molar refractivity (Wildman–Crippen MR) is 112 cm³/mol. The lowest BCUT2D eigenvalue weighted by Gasteiger charge is -2.13. The normalized spacial score (nSPS) is 15.1. The summed E-state index contributed by atoms with van der Waals surface area (Å²) in [5, 5.41) is 8.04. The molecule has 0 spiro atoms. The third kappa shape index (κ3) is 3.73. The van der Waals surface area contributed by atoms with Gasteiger partial charge in [0.05, 0.1) is 37.1 Å². The van der Waals surface area contributed by atoms with Crippen molar-refractivity contribution in [1.82, 2.24) is 9.78 Å². The van der Waals surface area contributed by atoms with E-state index in [1.54, 1.807) is 35.0 Å². The highest BCUT2D eigenvalue weighted by molar-refractivity contribution is 7.83. The van der Waals surface area contributed by atoms with E-state index in [-0.39, 0.29) is 5.91 Å². The summed E-state index contributed by atoms with van der Waals surface area (Å²) in [7, 11) is 2.02. The summed E-state index contributed by atoms with van der Waals surface area (Å²) in [4.78, 5) is 13.0. The number of nitrogens with one attached hydrogen (secondary N) is 1. The van der Waals surface area contributed by atoms with Gasteiger partial charge in [0.2, 0.25) is 0 Å². The van der Waals surface area contributed by atoms with Crippen molar-refractivity contribution in [2.45, 2.75) is 11.5 Å². The molecule has 1 aromatic heterocycles. The third-order valence-electron chi connectivity index (χ3n) is 4.60. The van der Waals surface area contributed by atoms with Crippen LogP contribution in [0.15, 0.2) is 42.5 Å². The molecule has 2 aromatic carbocycles. The molecule has 0 bridgehead atoms. The Labute approximate surface area is 175 Å². The van der Waals surface area contributed by atoms with E-state index in [1.807, 2.05) is 12.1 Å². The molecule has 3 aromatic rings. The molecule has 4 rings (SSSR count). The van der Waals surface area contributed by atoms with Gasteiger partial charge in [0.15, 0.2) is 11.5 Å². The van der Waals surface area contributed by atoms with E-state index < -0.39 is 10.8 Å². The number of nitrogens with zero attached hydrogens (tertiary/aromatic N) is 2. The van der Waals surface area contributed by atoms with Crippen molar-refractivity contribution in [2.75, 3.05) is 19.5 Å². The maximum absolute atomic E-state index is 13.0. The highest BCUT2D eigenvalue weighted by Crippen LogP contribution is 2.33. The fraction of sp³-hybridized carbons (Fsp3) is 0.200. The van der Waals surface area contributed by atoms with Crippen LogP contribution in [0.4, 0.5) is 5.82 Å². The predicted octanol–water partition coefficient (Wildman–Crippen LogP) is 3.56. The van der Waals surface area contributed by atoms with Gasteiger partial charge in [-0.25, -0.2) is 4.68 Å². The second-order valence-corrected chi connectivity index (χ2v) is 8.31. The van der Waals surface area contributed by atoms with Gasteiger partial charge >= 0.3 is 0 Å². The number of ether oxygens (including phenoxy) is 2. The summed E-state index contributed by atoms with van der Waals surface area (Å²) >= 11 is 6.13. The summed E-state index contributed by atoms with van der Waals surface area (Å²) in [6.07, 6.45) is 0. The van der Waals surface area contributed by atoms with Gasteiger partial charge in [-0.2, -0.15) is 5.10 Å². The molecule has 1 amide bonds. The summed E-state index contributed by atoms with van der Waals surface area (Å²) in [5.74, 6) is 1.85. The quantitative estimate of drug-likeness (QED) is 0.668. The summed E-state index contributed by atoms with van der Waals surface area (Å²) in [6, 6.07) is 12.1. The van der Waals surface area contributed by atoms with Crippen molar-refractivity contribution < 1.29 is 18.5 Å². The monoisotopic (exact) mass is 431 g/mol. The van der Waals surface area contributed by atoms with Crippen LogP contribution in [0.1, 0.15) is 21.6 Å². The topological polar surface area (TPSA) is 82.5 Å². The first-order chi connectivity index (χ1) is 14.0. The van der Waals surface area contributed by atoms with Crippen molar-refractivity contribution in [3.63, 3.8) is 0 Å². The summed E-state index contributed by atoms with van der Waals surface area (Å²) < 4.78 is 24.2. The van der Waals surface area contributed by atoms with E-state index in [0.717, 1.165) is 5.56 Å². The zero-order chi connectivity index (χ0) is 20.5. The average molecular weight is 432 g/mol. The Hall–Kier alpha value is -2.84. The van der Waals surface area contributed by atoms with Gasteiger partial charge < -0.3 is 14.8 Å². The number of fused-ring (bicyclic) bond motifs is 1. The average Bonchev–Trinajstić information content (AvgIpc) is 3.24. The first-order valence-electron chi connectivity index (χ1n) is 8.75. The van der Waals surface area contributed by atoms with Crippen molar-refractivity contribution in [1.29, 1.82) is 0 Å². The molecule has 7 nitrogen and oxygen atoms in total. The fourth-order valence-electron chi connectivity index (χ4n) is 3.21. The zero-order valence-electron chi connectivity index (χ0n) is 15.8. The number of rotatable bonds is 5. The van der Waals surface area contributed by atoms with Gasteiger partial charge in [0, 0.05) is 26.9 Å². The lowest BCUT2D eigenvalue weighted by Crippen LogP contribution is -2.16. The molecule has 2 heterocycles. The second kappa shape index (κ2) is 7.88. The number of aromatic nitrogens is 2. The molecule has 1 unspecified atom stereocenters. The smallest absolute Gasteiger partial charge is 0.256 e. The van der Waals surface area contributed by atoms with Crippen molar-refractivity contribution in [3.05, 3.63) is 64.3 Å². The molecule has 1 aliphatic rings. The van der Waals surface area contributed by atoms with Gasteiger partial charge in [-0.05, 0) is 36.4 Å². The lowest BCUT2D eigenvalue weighted by atomic mass is 10.2. The first kappa shape index (κ1) is 19.5. The zero-order valence-corrected chi connectivity index (χ0v) is 17.3. The molecule has 0 fully saturated rings. The van der Waals surface area contributed by atoms with E-state index in [9.17, 15) is 9.00 Å². The number of halogens is 1. The van der Waals surface area contributed by atoms with Crippen LogP contribution in [0.5, 0.6) is 11.5 Å². The molecule has 1 aliphatic heterocycles.